The molecule has 0 spiro atoms. The van der Waals surface area contributed by atoms with E-state index in [-0.39, 0.29) is 24.1 Å². The summed E-state index contributed by atoms with van der Waals surface area (Å²) in [5, 5.41) is 6.86. The number of benzene rings is 2. The van der Waals surface area contributed by atoms with Crippen LogP contribution in [0.15, 0.2) is 47.1 Å². The largest absolute Gasteiger partial charge is 0.493 e. The van der Waals surface area contributed by atoms with E-state index in [9.17, 15) is 9.59 Å². The van der Waals surface area contributed by atoms with Gasteiger partial charge in [-0.3, -0.25) is 9.59 Å². The maximum atomic E-state index is 12.6. The van der Waals surface area contributed by atoms with Crippen molar-refractivity contribution in [3.05, 3.63) is 58.8 Å². The molecule has 0 aromatic heterocycles. The number of nitrogens with one attached hydrogen (secondary N) is 2. The van der Waals surface area contributed by atoms with Crippen molar-refractivity contribution in [2.24, 2.45) is 4.99 Å². The number of anilines is 1. The first-order valence-corrected chi connectivity index (χ1v) is 12.3. The number of thioether (sulfide) groups is 1. The summed E-state index contributed by atoms with van der Waals surface area (Å²) in [6.07, 6.45) is 1.88. The highest BCUT2D eigenvalue weighted by Gasteiger charge is 2.17. The summed E-state index contributed by atoms with van der Waals surface area (Å²) in [7, 11) is 3.14. The Bertz CT molecular complexity index is 1160. The van der Waals surface area contributed by atoms with Gasteiger partial charge in [-0.15, -0.1) is 0 Å². The van der Waals surface area contributed by atoms with E-state index >= 15 is 0 Å². The molecular weight excluding hydrogens is 466 g/mol. The summed E-state index contributed by atoms with van der Waals surface area (Å²) in [6.45, 7) is 6.44. The third-order valence-corrected chi connectivity index (χ3v) is 6.30. The smallest absolute Gasteiger partial charge is 0.311 e. The average molecular weight is 498 g/mol. The number of rotatable bonds is 9. The van der Waals surface area contributed by atoms with Crippen LogP contribution in [0.5, 0.6) is 11.5 Å². The van der Waals surface area contributed by atoms with Gasteiger partial charge in [0.25, 0.3) is 0 Å². The molecule has 0 saturated carbocycles. The number of amides is 1. The van der Waals surface area contributed by atoms with E-state index < -0.39 is 0 Å². The summed E-state index contributed by atoms with van der Waals surface area (Å²) in [5.74, 6) is 0.885. The maximum Gasteiger partial charge on any atom is 0.311 e. The van der Waals surface area contributed by atoms with Gasteiger partial charge in [0.15, 0.2) is 11.5 Å². The molecular formula is C26H31N3O5S. The Kier molecular flexibility index (Phi) is 9.19. The van der Waals surface area contributed by atoms with Crippen LogP contribution in [0.3, 0.4) is 0 Å². The number of hydrogen-bond donors (Lipinski definition) is 2. The average Bonchev–Trinajstić information content (AvgIpc) is 2.99. The third kappa shape index (κ3) is 7.02. The van der Waals surface area contributed by atoms with Crippen LogP contribution >= 0.6 is 11.8 Å². The Hall–Kier alpha value is -3.46. The van der Waals surface area contributed by atoms with Gasteiger partial charge in [0.1, 0.15) is 0 Å². The summed E-state index contributed by atoms with van der Waals surface area (Å²) in [4.78, 5) is 29.5. The van der Waals surface area contributed by atoms with E-state index in [4.69, 9.17) is 19.2 Å². The molecule has 9 heteroatoms. The maximum absolute atomic E-state index is 12.6. The van der Waals surface area contributed by atoms with Gasteiger partial charge in [-0.25, -0.2) is 4.99 Å². The van der Waals surface area contributed by atoms with Crippen molar-refractivity contribution in [2.45, 2.75) is 33.7 Å². The van der Waals surface area contributed by atoms with E-state index in [2.05, 4.69) is 10.6 Å². The number of esters is 1. The first-order valence-electron chi connectivity index (χ1n) is 11.3. The molecule has 2 aromatic rings. The Morgan fingerprint density at radius 2 is 1.89 bits per heavy atom. The van der Waals surface area contributed by atoms with Crippen LogP contribution < -0.4 is 20.1 Å². The fraction of sp³-hybridized carbons (Fsp3) is 0.346. The van der Waals surface area contributed by atoms with Crippen LogP contribution in [0.1, 0.15) is 30.0 Å². The Morgan fingerprint density at radius 3 is 2.60 bits per heavy atom. The predicted molar refractivity (Wildman–Crippen MR) is 140 cm³/mol. The molecule has 1 heterocycles. The van der Waals surface area contributed by atoms with Gasteiger partial charge in [-0.05, 0) is 56.2 Å². The lowest BCUT2D eigenvalue weighted by molar-refractivity contribution is -0.142. The molecule has 1 aliphatic heterocycles. The number of methoxy groups -OCH3 is 2. The number of nitrogens with zero attached hydrogens (tertiary/aromatic N) is 1. The number of aryl methyl sites for hydroxylation is 2. The fourth-order valence-corrected chi connectivity index (χ4v) is 4.29. The van der Waals surface area contributed by atoms with Gasteiger partial charge in [-0.1, -0.05) is 23.9 Å². The summed E-state index contributed by atoms with van der Waals surface area (Å²) in [6, 6.07) is 9.53. The van der Waals surface area contributed by atoms with Crippen LogP contribution in [0.25, 0.3) is 0 Å². The monoisotopic (exact) mass is 497 g/mol. The van der Waals surface area contributed by atoms with Crippen molar-refractivity contribution in [1.82, 2.24) is 5.32 Å². The number of carbonyl (C=O) groups excluding carboxylic acids is 2. The van der Waals surface area contributed by atoms with Crippen LogP contribution in [-0.2, 0) is 20.9 Å². The number of fused-ring (bicyclic) bond motifs is 1. The number of aliphatic imine (C=N–C) groups is 1. The van der Waals surface area contributed by atoms with Gasteiger partial charge in [0.05, 0.1) is 49.4 Å². The molecule has 0 bridgehead atoms. The fourth-order valence-electron chi connectivity index (χ4n) is 3.52. The van der Waals surface area contributed by atoms with Crippen LogP contribution in [0.2, 0.25) is 0 Å². The molecule has 8 nitrogen and oxygen atoms in total. The summed E-state index contributed by atoms with van der Waals surface area (Å²) in [5.41, 5.74) is 5.28. The molecule has 0 aliphatic carbocycles. The lowest BCUT2D eigenvalue weighted by Crippen LogP contribution is -2.25. The quantitative estimate of drug-likeness (QED) is 0.486. The molecule has 2 aromatic carbocycles. The second kappa shape index (κ2) is 12.3. The molecule has 1 aliphatic rings. The minimum absolute atomic E-state index is 0.0849. The molecule has 2 N–H and O–H groups in total. The summed E-state index contributed by atoms with van der Waals surface area (Å²) < 4.78 is 15.9. The van der Waals surface area contributed by atoms with Gasteiger partial charge in [-0.2, -0.15) is 0 Å². The summed E-state index contributed by atoms with van der Waals surface area (Å²) >= 11 is 1.30. The highest BCUT2D eigenvalue weighted by atomic mass is 32.2. The van der Waals surface area contributed by atoms with Crippen LogP contribution in [0.4, 0.5) is 11.4 Å². The van der Waals surface area contributed by atoms with Gasteiger partial charge in [0, 0.05) is 17.8 Å². The highest BCUT2D eigenvalue weighted by molar-refractivity contribution is 8.14. The zero-order chi connectivity index (χ0) is 25.4. The molecule has 186 valence electrons. The molecule has 0 radical (unpaired) electrons. The Balaban J connectivity index is 1.72. The lowest BCUT2D eigenvalue weighted by atomic mass is 10.1. The van der Waals surface area contributed by atoms with Gasteiger partial charge < -0.3 is 24.8 Å². The molecule has 0 atom stereocenters. The normalized spacial score (nSPS) is 12.4. The third-order valence-electron chi connectivity index (χ3n) is 5.39. The van der Waals surface area contributed by atoms with E-state index in [1.165, 1.54) is 11.8 Å². The molecule has 35 heavy (non-hydrogen) atoms. The topological polar surface area (TPSA) is 98.3 Å². The van der Waals surface area contributed by atoms with Crippen LogP contribution in [-0.4, -0.2) is 43.5 Å². The highest BCUT2D eigenvalue weighted by Crippen LogP contribution is 2.34. The first-order chi connectivity index (χ1) is 16.8. The lowest BCUT2D eigenvalue weighted by Gasteiger charge is -2.13. The first kappa shape index (κ1) is 26.2. The van der Waals surface area contributed by atoms with Crippen molar-refractivity contribution in [3.63, 3.8) is 0 Å². The second-order valence-electron chi connectivity index (χ2n) is 7.90. The number of ether oxygens (including phenoxy) is 3. The zero-order valence-electron chi connectivity index (χ0n) is 20.7. The van der Waals surface area contributed by atoms with E-state index in [1.807, 2.05) is 38.1 Å². The van der Waals surface area contributed by atoms with Crippen LogP contribution in [0, 0.1) is 13.8 Å². The minimum Gasteiger partial charge on any atom is -0.493 e. The zero-order valence-corrected chi connectivity index (χ0v) is 21.5. The van der Waals surface area contributed by atoms with Crippen molar-refractivity contribution in [2.75, 3.05) is 31.9 Å². The Morgan fingerprint density at radius 1 is 1.11 bits per heavy atom. The van der Waals surface area contributed by atoms with Crippen molar-refractivity contribution < 1.29 is 23.8 Å². The molecule has 1 amide bonds. The number of hydrogen-bond acceptors (Lipinski definition) is 8. The Labute approximate surface area is 210 Å². The van der Waals surface area contributed by atoms with Crippen molar-refractivity contribution in [3.8, 4) is 11.5 Å². The second-order valence-corrected chi connectivity index (χ2v) is 8.89. The van der Waals surface area contributed by atoms with Gasteiger partial charge >= 0.3 is 5.97 Å². The predicted octanol–water partition coefficient (Wildman–Crippen LogP) is 4.66. The SMILES string of the molecule is CCOC(=O)CC1=CC(SCC(=O)NCc2cccc(OC)c2OC)=Nc2cc(C)c(C)cc2N1. The van der Waals surface area contributed by atoms with E-state index in [0.29, 0.717) is 35.4 Å². The van der Waals surface area contributed by atoms with Crippen molar-refractivity contribution >= 4 is 40.1 Å². The van der Waals surface area contributed by atoms with E-state index in [1.54, 1.807) is 33.3 Å². The van der Waals surface area contributed by atoms with Crippen molar-refractivity contribution in [1.29, 1.82) is 0 Å². The number of carbonyl (C=O) groups is 2. The van der Waals surface area contributed by atoms with E-state index in [0.717, 1.165) is 28.1 Å². The molecule has 3 rings (SSSR count). The minimum atomic E-state index is -0.326. The van der Waals surface area contributed by atoms with Gasteiger partial charge in [0.2, 0.25) is 5.91 Å². The molecule has 0 unspecified atom stereocenters. The molecule has 0 saturated heterocycles. The standard InChI is InChI=1S/C26H31N3O5S/c1-6-34-25(31)13-19-12-24(29-21-11-17(3)16(2)10-20(21)28-19)35-15-23(30)27-14-18-8-7-9-22(32-4)26(18)33-5/h7-12,28H,6,13-15H2,1-5H3,(H,27,30). The number of para-hydroxylation sites is 1. The molecule has 0 fully saturated rings.